The summed E-state index contributed by atoms with van der Waals surface area (Å²) >= 11 is 0. The Bertz CT molecular complexity index is 1320. The molecule has 148 valence electrons. The summed E-state index contributed by atoms with van der Waals surface area (Å²) in [5.41, 5.74) is 1.26. The van der Waals surface area contributed by atoms with Gasteiger partial charge >= 0.3 is 0 Å². The molecule has 0 unspecified atom stereocenters. The lowest BCUT2D eigenvalue weighted by Crippen LogP contribution is -2.27. The molecule has 0 spiro atoms. The molecule has 5 rings (SSSR count). The fourth-order valence-corrected chi connectivity index (χ4v) is 3.40. The van der Waals surface area contributed by atoms with Crippen molar-refractivity contribution >= 4 is 22.5 Å². The van der Waals surface area contributed by atoms with Gasteiger partial charge in [-0.3, -0.25) is 9.59 Å². The molecule has 4 aromatic rings. The predicted molar refractivity (Wildman–Crippen MR) is 113 cm³/mol. The second-order valence-corrected chi connectivity index (χ2v) is 6.75. The number of hydrogen-bond donors (Lipinski definition) is 1. The van der Waals surface area contributed by atoms with Crippen LogP contribution in [0, 0.1) is 0 Å². The molecule has 1 aliphatic rings. The van der Waals surface area contributed by atoms with Crippen LogP contribution in [-0.4, -0.2) is 28.9 Å². The third-order valence-electron chi connectivity index (χ3n) is 4.81. The number of para-hydroxylation sites is 2. The van der Waals surface area contributed by atoms with Crippen molar-refractivity contribution in [3.8, 4) is 17.2 Å². The minimum absolute atomic E-state index is 0.188. The van der Waals surface area contributed by atoms with Gasteiger partial charge in [0.2, 0.25) is 5.43 Å². The number of aromatic nitrogens is 2. The minimum Gasteiger partial charge on any atom is -0.486 e. The van der Waals surface area contributed by atoms with Crippen molar-refractivity contribution in [1.29, 1.82) is 0 Å². The van der Waals surface area contributed by atoms with E-state index in [-0.39, 0.29) is 5.69 Å². The third kappa shape index (κ3) is 3.16. The Balaban J connectivity index is 1.58. The van der Waals surface area contributed by atoms with E-state index < -0.39 is 11.3 Å². The number of carbonyl (C=O) groups excluding carboxylic acids is 1. The fraction of sp³-hybridized carbons (Fsp3) is 0.0870. The number of amides is 1. The van der Waals surface area contributed by atoms with E-state index in [0.717, 1.165) is 5.69 Å². The molecule has 2 heterocycles. The molecule has 0 aliphatic carbocycles. The first-order chi connectivity index (χ1) is 14.7. The number of nitrogens with zero attached hydrogens (tertiary/aromatic N) is 2. The highest BCUT2D eigenvalue weighted by molar-refractivity contribution is 6.04. The highest BCUT2D eigenvalue weighted by atomic mass is 16.6. The normalized spacial score (nSPS) is 12.5. The minimum atomic E-state index is -0.591. The summed E-state index contributed by atoms with van der Waals surface area (Å²) in [6.07, 6.45) is 0. The number of carbonyl (C=O) groups is 1. The molecule has 1 N–H and O–H groups in total. The van der Waals surface area contributed by atoms with Crippen LogP contribution < -0.4 is 20.2 Å². The van der Waals surface area contributed by atoms with Gasteiger partial charge in [0.15, 0.2) is 17.2 Å². The first kappa shape index (κ1) is 17.9. The number of nitrogens with one attached hydrogen (secondary N) is 1. The number of fused-ring (bicyclic) bond motifs is 2. The van der Waals surface area contributed by atoms with E-state index in [2.05, 4.69) is 10.4 Å². The van der Waals surface area contributed by atoms with Crippen LogP contribution in [0.3, 0.4) is 0 Å². The smallest absolute Gasteiger partial charge is 0.280 e. The van der Waals surface area contributed by atoms with Crippen LogP contribution in [0.4, 0.5) is 5.69 Å². The largest absolute Gasteiger partial charge is 0.486 e. The monoisotopic (exact) mass is 399 g/mol. The molecule has 3 aromatic carbocycles. The summed E-state index contributed by atoms with van der Waals surface area (Å²) in [4.78, 5) is 26.0. The van der Waals surface area contributed by atoms with Gasteiger partial charge in [0, 0.05) is 11.8 Å². The van der Waals surface area contributed by atoms with E-state index in [0.29, 0.717) is 41.3 Å². The molecule has 7 heteroatoms. The Labute approximate surface area is 171 Å². The van der Waals surface area contributed by atoms with Gasteiger partial charge in [-0.2, -0.15) is 5.10 Å². The summed E-state index contributed by atoms with van der Waals surface area (Å²) in [5.74, 6) is 0.578. The Kier molecular flexibility index (Phi) is 4.40. The highest BCUT2D eigenvalue weighted by Gasteiger charge is 2.19. The van der Waals surface area contributed by atoms with Gasteiger partial charge in [-0.1, -0.05) is 30.3 Å². The summed E-state index contributed by atoms with van der Waals surface area (Å²) in [6.45, 7) is 0.928. The standard InChI is InChI=1S/C23H17N3O4/c27-22-17-8-4-5-9-18(17)26(16-6-2-1-3-7-16)25-21(22)23(28)24-15-10-11-19-20(14-15)30-13-12-29-19/h1-11,14H,12-13H2,(H,24,28). The molecular weight excluding hydrogens is 382 g/mol. The lowest BCUT2D eigenvalue weighted by molar-refractivity contribution is 0.102. The topological polar surface area (TPSA) is 82.4 Å². The van der Waals surface area contributed by atoms with Crippen LogP contribution in [0.1, 0.15) is 10.5 Å². The van der Waals surface area contributed by atoms with Crippen molar-refractivity contribution < 1.29 is 14.3 Å². The maximum absolute atomic E-state index is 13.0. The van der Waals surface area contributed by atoms with E-state index in [1.165, 1.54) is 0 Å². The zero-order chi connectivity index (χ0) is 20.5. The quantitative estimate of drug-likeness (QED) is 0.571. The van der Waals surface area contributed by atoms with Crippen molar-refractivity contribution in [2.24, 2.45) is 0 Å². The maximum atomic E-state index is 13.0. The Morgan fingerprint density at radius 2 is 1.63 bits per heavy atom. The number of rotatable bonds is 3. The molecule has 30 heavy (non-hydrogen) atoms. The third-order valence-corrected chi connectivity index (χ3v) is 4.81. The van der Waals surface area contributed by atoms with Gasteiger partial charge in [0.25, 0.3) is 5.91 Å². The second kappa shape index (κ2) is 7.36. The first-order valence-electron chi connectivity index (χ1n) is 9.49. The van der Waals surface area contributed by atoms with Gasteiger partial charge in [-0.05, 0) is 36.4 Å². The van der Waals surface area contributed by atoms with Crippen LogP contribution >= 0.6 is 0 Å². The van der Waals surface area contributed by atoms with E-state index in [1.54, 1.807) is 41.1 Å². The number of anilines is 1. The van der Waals surface area contributed by atoms with Crippen LogP contribution in [0.25, 0.3) is 16.6 Å². The molecule has 1 aromatic heterocycles. The fourth-order valence-electron chi connectivity index (χ4n) is 3.40. The average Bonchev–Trinajstić information content (AvgIpc) is 2.80. The van der Waals surface area contributed by atoms with Crippen LogP contribution in [-0.2, 0) is 0 Å². The number of hydrogen-bond acceptors (Lipinski definition) is 5. The van der Waals surface area contributed by atoms with Crippen molar-refractivity contribution in [2.45, 2.75) is 0 Å². The van der Waals surface area contributed by atoms with E-state index in [4.69, 9.17) is 9.47 Å². The van der Waals surface area contributed by atoms with E-state index >= 15 is 0 Å². The van der Waals surface area contributed by atoms with Crippen molar-refractivity contribution in [2.75, 3.05) is 18.5 Å². The summed E-state index contributed by atoms with van der Waals surface area (Å²) in [5, 5.41) is 7.55. The van der Waals surface area contributed by atoms with Crippen LogP contribution in [0.15, 0.2) is 77.6 Å². The average molecular weight is 399 g/mol. The number of ether oxygens (including phenoxy) is 2. The predicted octanol–water partition coefficient (Wildman–Crippen LogP) is 3.41. The Morgan fingerprint density at radius 1 is 0.900 bits per heavy atom. The highest BCUT2D eigenvalue weighted by Crippen LogP contribution is 2.32. The number of benzene rings is 3. The summed E-state index contributed by atoms with van der Waals surface area (Å²) < 4.78 is 12.7. The van der Waals surface area contributed by atoms with Crippen molar-refractivity contribution in [3.05, 3.63) is 88.7 Å². The SMILES string of the molecule is O=C(Nc1ccc2c(c1)OCCO2)c1nn(-c2ccccc2)c2ccccc2c1=O. The molecule has 0 radical (unpaired) electrons. The van der Waals surface area contributed by atoms with Gasteiger partial charge in [-0.15, -0.1) is 0 Å². The molecule has 0 bridgehead atoms. The van der Waals surface area contributed by atoms with Crippen LogP contribution in [0.2, 0.25) is 0 Å². The van der Waals surface area contributed by atoms with Gasteiger partial charge < -0.3 is 14.8 Å². The zero-order valence-corrected chi connectivity index (χ0v) is 15.9. The Morgan fingerprint density at radius 3 is 2.47 bits per heavy atom. The van der Waals surface area contributed by atoms with Gasteiger partial charge in [-0.25, -0.2) is 4.68 Å². The summed E-state index contributed by atoms with van der Waals surface area (Å²) in [6, 6.07) is 21.6. The molecule has 1 aliphatic heterocycles. The zero-order valence-electron chi connectivity index (χ0n) is 15.9. The molecule has 0 saturated carbocycles. The molecule has 1 amide bonds. The van der Waals surface area contributed by atoms with Gasteiger partial charge in [0.05, 0.1) is 16.6 Å². The van der Waals surface area contributed by atoms with E-state index in [1.807, 2.05) is 36.4 Å². The molecule has 0 atom stereocenters. The molecule has 0 saturated heterocycles. The lowest BCUT2D eigenvalue weighted by Gasteiger charge is -2.19. The molecular formula is C23H17N3O4. The van der Waals surface area contributed by atoms with Gasteiger partial charge in [0.1, 0.15) is 13.2 Å². The lowest BCUT2D eigenvalue weighted by atomic mass is 10.1. The van der Waals surface area contributed by atoms with E-state index in [9.17, 15) is 9.59 Å². The van der Waals surface area contributed by atoms with Crippen LogP contribution in [0.5, 0.6) is 11.5 Å². The van der Waals surface area contributed by atoms with Crippen molar-refractivity contribution in [3.63, 3.8) is 0 Å². The van der Waals surface area contributed by atoms with Crippen molar-refractivity contribution in [1.82, 2.24) is 9.78 Å². The summed E-state index contributed by atoms with van der Waals surface area (Å²) in [7, 11) is 0. The maximum Gasteiger partial charge on any atom is 0.280 e. The Hall–Kier alpha value is -4.13. The first-order valence-corrected chi connectivity index (χ1v) is 9.49. The molecule has 0 fully saturated rings. The molecule has 7 nitrogen and oxygen atoms in total. The second-order valence-electron chi connectivity index (χ2n) is 6.75.